The van der Waals surface area contributed by atoms with Crippen molar-refractivity contribution >= 4 is 17.8 Å². The molecule has 2 aromatic rings. The van der Waals surface area contributed by atoms with Gasteiger partial charge in [0.25, 0.3) is 5.91 Å². The van der Waals surface area contributed by atoms with Crippen LogP contribution in [0.15, 0.2) is 48.5 Å². The highest BCUT2D eigenvalue weighted by Crippen LogP contribution is 2.14. The number of rotatable bonds is 5. The summed E-state index contributed by atoms with van der Waals surface area (Å²) in [5, 5.41) is 10.3. The Hall–Kier alpha value is -3.47. The lowest BCUT2D eigenvalue weighted by Crippen LogP contribution is -2.50. The summed E-state index contributed by atoms with van der Waals surface area (Å²) < 4.78 is 44.9. The summed E-state index contributed by atoms with van der Waals surface area (Å²) in [6, 6.07) is 13.3. The zero-order valence-corrected chi connectivity index (χ0v) is 18.4. The minimum atomic E-state index is -5.08. The molecule has 0 spiro atoms. The molecule has 34 heavy (non-hydrogen) atoms. The summed E-state index contributed by atoms with van der Waals surface area (Å²) in [7, 11) is 0. The quantitative estimate of drug-likeness (QED) is 0.639. The van der Waals surface area contributed by atoms with Gasteiger partial charge in [0.1, 0.15) is 12.4 Å². The molecule has 184 valence electrons. The SMILES string of the molecule is Cc1cccc(CN(CC(=O)N2CCNCC2)C(=O)c2ccc(F)cc2)c1.O=C(O)C(F)(F)F. The third kappa shape index (κ3) is 8.47. The Labute approximate surface area is 194 Å². The van der Waals surface area contributed by atoms with Crippen molar-refractivity contribution in [2.45, 2.75) is 19.6 Å². The number of carbonyl (C=O) groups excluding carboxylic acids is 2. The number of carbonyl (C=O) groups is 3. The van der Waals surface area contributed by atoms with E-state index in [4.69, 9.17) is 9.90 Å². The smallest absolute Gasteiger partial charge is 0.475 e. The Morgan fingerprint density at radius 1 is 1.06 bits per heavy atom. The van der Waals surface area contributed by atoms with Crippen molar-refractivity contribution < 1.29 is 37.1 Å². The van der Waals surface area contributed by atoms with Gasteiger partial charge in [0.15, 0.2) is 0 Å². The van der Waals surface area contributed by atoms with Crippen molar-refractivity contribution in [3.63, 3.8) is 0 Å². The molecule has 2 N–H and O–H groups in total. The maximum absolute atomic E-state index is 13.2. The van der Waals surface area contributed by atoms with Crippen molar-refractivity contribution in [2.75, 3.05) is 32.7 Å². The molecule has 0 aliphatic carbocycles. The fourth-order valence-electron chi connectivity index (χ4n) is 3.18. The fraction of sp³-hybridized carbons (Fsp3) is 0.348. The summed E-state index contributed by atoms with van der Waals surface area (Å²) in [5.74, 6) is -3.50. The number of hydrogen-bond donors (Lipinski definition) is 2. The molecule has 2 amide bonds. The lowest BCUT2D eigenvalue weighted by Gasteiger charge is -2.30. The highest BCUT2D eigenvalue weighted by atomic mass is 19.4. The average molecular weight is 483 g/mol. The molecule has 1 heterocycles. The van der Waals surface area contributed by atoms with E-state index in [-0.39, 0.29) is 18.4 Å². The molecule has 0 saturated carbocycles. The van der Waals surface area contributed by atoms with Gasteiger partial charge in [-0.15, -0.1) is 0 Å². The number of aliphatic carboxylic acids is 1. The monoisotopic (exact) mass is 483 g/mol. The molecule has 0 radical (unpaired) electrons. The maximum Gasteiger partial charge on any atom is 0.490 e. The molecule has 0 aromatic heterocycles. The Bertz CT molecular complexity index is 990. The molecule has 7 nitrogen and oxygen atoms in total. The van der Waals surface area contributed by atoms with Gasteiger partial charge < -0.3 is 20.2 Å². The van der Waals surface area contributed by atoms with Crippen molar-refractivity contribution in [3.8, 4) is 0 Å². The third-order valence-electron chi connectivity index (χ3n) is 4.87. The fourth-order valence-corrected chi connectivity index (χ4v) is 3.18. The molecule has 1 fully saturated rings. The molecule has 3 rings (SSSR count). The Morgan fingerprint density at radius 2 is 1.65 bits per heavy atom. The predicted molar refractivity (Wildman–Crippen MR) is 115 cm³/mol. The second kappa shape index (κ2) is 12.1. The Balaban J connectivity index is 0.000000509. The zero-order chi connectivity index (χ0) is 25.3. The lowest BCUT2D eigenvalue weighted by molar-refractivity contribution is -0.192. The first-order valence-electron chi connectivity index (χ1n) is 10.4. The predicted octanol–water partition coefficient (Wildman–Crippen LogP) is 2.84. The van der Waals surface area contributed by atoms with Crippen molar-refractivity contribution in [1.29, 1.82) is 0 Å². The van der Waals surface area contributed by atoms with E-state index in [1.165, 1.54) is 29.2 Å². The molecule has 1 aliphatic heterocycles. The van der Waals surface area contributed by atoms with Crippen LogP contribution in [0.1, 0.15) is 21.5 Å². The van der Waals surface area contributed by atoms with Crippen LogP contribution in [-0.4, -0.2) is 71.6 Å². The summed E-state index contributed by atoms with van der Waals surface area (Å²) in [6.45, 7) is 5.12. The number of piperazine rings is 1. The average Bonchev–Trinajstić information content (AvgIpc) is 2.79. The Kier molecular flexibility index (Phi) is 9.55. The van der Waals surface area contributed by atoms with Crippen LogP contribution >= 0.6 is 0 Å². The van der Waals surface area contributed by atoms with Crippen molar-refractivity contribution in [2.24, 2.45) is 0 Å². The van der Waals surface area contributed by atoms with E-state index >= 15 is 0 Å². The van der Waals surface area contributed by atoms with E-state index in [9.17, 15) is 27.2 Å². The van der Waals surface area contributed by atoms with Gasteiger partial charge in [0.2, 0.25) is 5.91 Å². The van der Waals surface area contributed by atoms with Gasteiger partial charge in [-0.1, -0.05) is 29.8 Å². The van der Waals surface area contributed by atoms with E-state index in [2.05, 4.69) is 5.32 Å². The maximum atomic E-state index is 13.2. The van der Waals surface area contributed by atoms with Crippen LogP contribution < -0.4 is 5.32 Å². The minimum absolute atomic E-state index is 0.00412. The van der Waals surface area contributed by atoms with E-state index in [0.29, 0.717) is 25.2 Å². The van der Waals surface area contributed by atoms with Gasteiger partial charge in [-0.2, -0.15) is 13.2 Å². The van der Waals surface area contributed by atoms with Crippen molar-refractivity contribution in [1.82, 2.24) is 15.1 Å². The van der Waals surface area contributed by atoms with E-state index in [1.807, 2.05) is 31.2 Å². The third-order valence-corrected chi connectivity index (χ3v) is 4.87. The highest BCUT2D eigenvalue weighted by molar-refractivity contribution is 5.96. The first-order valence-corrected chi connectivity index (χ1v) is 10.4. The number of carboxylic acids is 1. The largest absolute Gasteiger partial charge is 0.490 e. The van der Waals surface area contributed by atoms with Gasteiger partial charge in [-0.3, -0.25) is 9.59 Å². The molecule has 11 heteroatoms. The molecular weight excluding hydrogens is 458 g/mol. The molecule has 2 aromatic carbocycles. The summed E-state index contributed by atoms with van der Waals surface area (Å²) in [5.41, 5.74) is 2.42. The molecule has 0 bridgehead atoms. The molecule has 0 unspecified atom stereocenters. The molecular formula is C23H25F4N3O4. The molecule has 1 aliphatic rings. The summed E-state index contributed by atoms with van der Waals surface area (Å²) in [6.07, 6.45) is -5.08. The first-order chi connectivity index (χ1) is 16.0. The number of aryl methyl sites for hydroxylation is 1. The van der Waals surface area contributed by atoms with Crippen LogP contribution in [0.25, 0.3) is 0 Å². The number of alkyl halides is 3. The van der Waals surface area contributed by atoms with Gasteiger partial charge in [-0.25, -0.2) is 9.18 Å². The van der Waals surface area contributed by atoms with E-state index < -0.39 is 18.0 Å². The number of benzene rings is 2. The van der Waals surface area contributed by atoms with Crippen LogP contribution in [0.4, 0.5) is 17.6 Å². The highest BCUT2D eigenvalue weighted by Gasteiger charge is 2.38. The summed E-state index contributed by atoms with van der Waals surface area (Å²) in [4.78, 5) is 37.9. The number of amides is 2. The second-order valence-corrected chi connectivity index (χ2v) is 7.59. The van der Waals surface area contributed by atoms with Crippen LogP contribution in [0, 0.1) is 12.7 Å². The summed E-state index contributed by atoms with van der Waals surface area (Å²) >= 11 is 0. The number of hydrogen-bond acceptors (Lipinski definition) is 4. The lowest BCUT2D eigenvalue weighted by atomic mass is 10.1. The van der Waals surface area contributed by atoms with Gasteiger partial charge in [-0.05, 0) is 36.8 Å². The Morgan fingerprint density at radius 3 is 2.18 bits per heavy atom. The second-order valence-electron chi connectivity index (χ2n) is 7.59. The number of carboxylic acid groups (broad SMARTS) is 1. The van der Waals surface area contributed by atoms with Crippen LogP contribution in [0.3, 0.4) is 0 Å². The van der Waals surface area contributed by atoms with Crippen LogP contribution in [-0.2, 0) is 16.1 Å². The van der Waals surface area contributed by atoms with Gasteiger partial charge in [0.05, 0.1) is 0 Å². The van der Waals surface area contributed by atoms with Crippen LogP contribution in [0.5, 0.6) is 0 Å². The van der Waals surface area contributed by atoms with Crippen LogP contribution in [0.2, 0.25) is 0 Å². The topological polar surface area (TPSA) is 90.0 Å². The van der Waals surface area contributed by atoms with Gasteiger partial charge >= 0.3 is 12.1 Å². The zero-order valence-electron chi connectivity index (χ0n) is 18.4. The van der Waals surface area contributed by atoms with Gasteiger partial charge in [0, 0.05) is 38.3 Å². The normalized spacial score (nSPS) is 13.5. The molecule has 1 saturated heterocycles. The van der Waals surface area contributed by atoms with E-state index in [0.717, 1.165) is 24.2 Å². The van der Waals surface area contributed by atoms with Crippen molar-refractivity contribution in [3.05, 3.63) is 71.0 Å². The minimum Gasteiger partial charge on any atom is -0.475 e. The van der Waals surface area contributed by atoms with E-state index in [1.54, 1.807) is 4.90 Å². The number of nitrogens with zero attached hydrogens (tertiary/aromatic N) is 2. The molecule has 0 atom stereocenters. The number of halogens is 4. The number of nitrogens with one attached hydrogen (secondary N) is 1. The standard InChI is InChI=1S/C21H24FN3O2.C2HF3O2/c1-16-3-2-4-17(13-16)14-25(15-20(26)24-11-9-23-10-12-24)21(27)18-5-7-19(22)8-6-18;3-2(4,5)1(6)7/h2-8,13,23H,9-12,14-15H2,1H3;(H,6,7). The first kappa shape index (κ1) is 26.8.